The average Bonchev–Trinajstić information content (AvgIpc) is 2.74. The molecule has 3 rings (SSSR count). The van der Waals surface area contributed by atoms with Crippen molar-refractivity contribution in [1.29, 1.82) is 0 Å². The van der Waals surface area contributed by atoms with Gasteiger partial charge in [0.15, 0.2) is 0 Å². The molecule has 4 nitrogen and oxygen atoms in total. The van der Waals surface area contributed by atoms with E-state index < -0.39 is 5.97 Å². The number of unbranched alkanes of at least 4 members (excludes halogenated alkanes) is 1. The van der Waals surface area contributed by atoms with Crippen molar-refractivity contribution in [3.05, 3.63) is 88.4 Å². The number of carbonyl (C=O) groups is 1. The summed E-state index contributed by atoms with van der Waals surface area (Å²) in [6, 6.07) is 22.0. The van der Waals surface area contributed by atoms with Crippen molar-refractivity contribution in [3.8, 4) is 11.5 Å². The summed E-state index contributed by atoms with van der Waals surface area (Å²) in [6.45, 7) is 2.79. The second kappa shape index (κ2) is 10.6. The summed E-state index contributed by atoms with van der Waals surface area (Å²) in [5.41, 5.74) is 2.25. The van der Waals surface area contributed by atoms with Gasteiger partial charge in [-0.05, 0) is 78.7 Å². The summed E-state index contributed by atoms with van der Waals surface area (Å²) in [5, 5.41) is 0. The SMILES string of the molecule is CCCCOc1ccc(C(=O)Oc2ccc(C=Nc3cccc(Br)c3)cc2)cc1. The number of carbonyl (C=O) groups excluding carboxylic acids is 1. The van der Waals surface area contributed by atoms with Crippen LogP contribution in [-0.4, -0.2) is 18.8 Å². The Morgan fingerprint density at radius 3 is 2.41 bits per heavy atom. The van der Waals surface area contributed by atoms with Gasteiger partial charge in [-0.25, -0.2) is 4.79 Å². The lowest BCUT2D eigenvalue weighted by molar-refractivity contribution is 0.0734. The maximum absolute atomic E-state index is 12.3. The molecule has 29 heavy (non-hydrogen) atoms. The van der Waals surface area contributed by atoms with Crippen LogP contribution in [0.3, 0.4) is 0 Å². The standard InChI is InChI=1S/C24H22BrNO3/c1-2-3-15-28-22-13-9-19(10-14-22)24(27)29-23-11-7-18(8-12-23)17-26-21-6-4-5-20(25)16-21/h4-14,16-17H,2-3,15H2,1H3. The summed E-state index contributed by atoms with van der Waals surface area (Å²) in [6.07, 6.45) is 3.86. The largest absolute Gasteiger partial charge is 0.494 e. The van der Waals surface area contributed by atoms with Gasteiger partial charge in [0.2, 0.25) is 0 Å². The Labute approximate surface area is 179 Å². The highest BCUT2D eigenvalue weighted by Gasteiger charge is 2.09. The van der Waals surface area contributed by atoms with Gasteiger partial charge in [0.05, 0.1) is 17.9 Å². The first-order valence-corrected chi connectivity index (χ1v) is 10.3. The van der Waals surface area contributed by atoms with Gasteiger partial charge in [0, 0.05) is 10.7 Å². The van der Waals surface area contributed by atoms with Crippen LogP contribution in [0.2, 0.25) is 0 Å². The molecule has 0 unspecified atom stereocenters. The monoisotopic (exact) mass is 451 g/mol. The molecule has 0 fully saturated rings. The smallest absolute Gasteiger partial charge is 0.343 e. The van der Waals surface area contributed by atoms with E-state index in [1.165, 1.54) is 0 Å². The minimum Gasteiger partial charge on any atom is -0.494 e. The van der Waals surface area contributed by atoms with Crippen LogP contribution in [0.5, 0.6) is 11.5 Å². The number of halogens is 1. The molecule has 0 amide bonds. The maximum Gasteiger partial charge on any atom is 0.343 e. The van der Waals surface area contributed by atoms with E-state index >= 15 is 0 Å². The first-order chi connectivity index (χ1) is 14.1. The van der Waals surface area contributed by atoms with Gasteiger partial charge in [-0.2, -0.15) is 0 Å². The number of esters is 1. The van der Waals surface area contributed by atoms with Crippen molar-refractivity contribution in [2.24, 2.45) is 4.99 Å². The number of ether oxygens (including phenoxy) is 2. The van der Waals surface area contributed by atoms with Crippen LogP contribution in [-0.2, 0) is 0 Å². The fourth-order valence-corrected chi connectivity index (χ4v) is 2.90. The van der Waals surface area contributed by atoms with Gasteiger partial charge < -0.3 is 9.47 Å². The Morgan fingerprint density at radius 2 is 1.72 bits per heavy atom. The Morgan fingerprint density at radius 1 is 1.00 bits per heavy atom. The molecule has 0 N–H and O–H groups in total. The Hall–Kier alpha value is -2.92. The molecule has 5 heteroatoms. The molecule has 3 aromatic rings. The summed E-state index contributed by atoms with van der Waals surface area (Å²) in [5.74, 6) is 0.836. The van der Waals surface area contributed by atoms with E-state index in [1.54, 1.807) is 42.6 Å². The summed E-state index contributed by atoms with van der Waals surface area (Å²) in [7, 11) is 0. The summed E-state index contributed by atoms with van der Waals surface area (Å²) >= 11 is 3.43. The highest BCUT2D eigenvalue weighted by Crippen LogP contribution is 2.19. The lowest BCUT2D eigenvalue weighted by atomic mass is 10.2. The van der Waals surface area contributed by atoms with Crippen LogP contribution in [0.1, 0.15) is 35.7 Å². The number of benzene rings is 3. The minimum absolute atomic E-state index is 0.402. The molecule has 0 bridgehead atoms. The van der Waals surface area contributed by atoms with Crippen molar-refractivity contribution in [2.75, 3.05) is 6.61 Å². The number of hydrogen-bond donors (Lipinski definition) is 0. The minimum atomic E-state index is -0.402. The lowest BCUT2D eigenvalue weighted by Gasteiger charge is -2.07. The molecule has 0 atom stereocenters. The fraction of sp³-hybridized carbons (Fsp3) is 0.167. The highest BCUT2D eigenvalue weighted by molar-refractivity contribution is 9.10. The van der Waals surface area contributed by atoms with Crippen LogP contribution in [0.15, 0.2) is 82.3 Å². The molecule has 148 valence electrons. The second-order valence-electron chi connectivity index (χ2n) is 6.42. The van der Waals surface area contributed by atoms with Crippen LogP contribution >= 0.6 is 15.9 Å². The molecule has 0 aliphatic heterocycles. The van der Waals surface area contributed by atoms with E-state index in [-0.39, 0.29) is 0 Å². The summed E-state index contributed by atoms with van der Waals surface area (Å²) < 4.78 is 12.0. The predicted octanol–water partition coefficient (Wildman–Crippen LogP) is 6.60. The van der Waals surface area contributed by atoms with Gasteiger partial charge in [-0.3, -0.25) is 4.99 Å². The summed E-state index contributed by atoms with van der Waals surface area (Å²) in [4.78, 5) is 16.8. The highest BCUT2D eigenvalue weighted by atomic mass is 79.9. The quantitative estimate of drug-likeness (QED) is 0.168. The van der Waals surface area contributed by atoms with Gasteiger partial charge in [-0.1, -0.05) is 35.3 Å². The van der Waals surface area contributed by atoms with Gasteiger partial charge in [-0.15, -0.1) is 0 Å². The molecular formula is C24H22BrNO3. The fourth-order valence-electron chi connectivity index (χ4n) is 2.51. The first-order valence-electron chi connectivity index (χ1n) is 9.49. The molecule has 0 heterocycles. The third-order valence-electron chi connectivity index (χ3n) is 4.12. The Kier molecular flexibility index (Phi) is 7.59. The molecule has 0 saturated heterocycles. The molecule has 0 spiro atoms. The van der Waals surface area contributed by atoms with Crippen molar-refractivity contribution >= 4 is 33.8 Å². The van der Waals surface area contributed by atoms with E-state index in [0.717, 1.165) is 34.3 Å². The zero-order chi connectivity index (χ0) is 20.5. The Bertz CT molecular complexity index is 966. The van der Waals surface area contributed by atoms with E-state index in [0.29, 0.717) is 17.9 Å². The van der Waals surface area contributed by atoms with Crippen molar-refractivity contribution < 1.29 is 14.3 Å². The molecule has 0 radical (unpaired) electrons. The number of aliphatic imine (C=N–C) groups is 1. The van der Waals surface area contributed by atoms with Crippen molar-refractivity contribution in [2.45, 2.75) is 19.8 Å². The number of nitrogens with zero attached hydrogens (tertiary/aromatic N) is 1. The van der Waals surface area contributed by atoms with Gasteiger partial charge in [0.25, 0.3) is 0 Å². The van der Waals surface area contributed by atoms with Crippen LogP contribution in [0.25, 0.3) is 0 Å². The molecule has 0 aromatic heterocycles. The average molecular weight is 452 g/mol. The lowest BCUT2D eigenvalue weighted by Crippen LogP contribution is -2.08. The van der Waals surface area contributed by atoms with Gasteiger partial charge in [0.1, 0.15) is 11.5 Å². The van der Waals surface area contributed by atoms with E-state index in [2.05, 4.69) is 27.8 Å². The zero-order valence-electron chi connectivity index (χ0n) is 16.2. The van der Waals surface area contributed by atoms with E-state index in [9.17, 15) is 4.79 Å². The van der Waals surface area contributed by atoms with Crippen LogP contribution < -0.4 is 9.47 Å². The molecule has 0 aliphatic rings. The Balaban J connectivity index is 1.57. The van der Waals surface area contributed by atoms with Crippen LogP contribution in [0.4, 0.5) is 5.69 Å². The van der Waals surface area contributed by atoms with Crippen LogP contribution in [0, 0.1) is 0 Å². The van der Waals surface area contributed by atoms with E-state index in [1.807, 2.05) is 36.4 Å². The molecular weight excluding hydrogens is 430 g/mol. The second-order valence-corrected chi connectivity index (χ2v) is 7.34. The topological polar surface area (TPSA) is 47.9 Å². The first kappa shape index (κ1) is 20.8. The van der Waals surface area contributed by atoms with Crippen molar-refractivity contribution in [1.82, 2.24) is 0 Å². The molecule has 3 aromatic carbocycles. The van der Waals surface area contributed by atoms with E-state index in [4.69, 9.17) is 9.47 Å². The third-order valence-corrected chi connectivity index (χ3v) is 4.61. The maximum atomic E-state index is 12.3. The van der Waals surface area contributed by atoms with Crippen molar-refractivity contribution in [3.63, 3.8) is 0 Å². The molecule has 0 saturated carbocycles. The number of rotatable bonds is 8. The number of hydrogen-bond acceptors (Lipinski definition) is 4. The molecule has 0 aliphatic carbocycles. The zero-order valence-corrected chi connectivity index (χ0v) is 17.8. The normalized spacial score (nSPS) is 10.8. The predicted molar refractivity (Wildman–Crippen MR) is 120 cm³/mol. The third kappa shape index (κ3) is 6.57. The van der Waals surface area contributed by atoms with Gasteiger partial charge >= 0.3 is 5.97 Å².